The molecule has 2 heterocycles. The van der Waals surface area contributed by atoms with Crippen LogP contribution in [0, 0.1) is 0 Å². The lowest BCUT2D eigenvalue weighted by Crippen LogP contribution is -2.36. The van der Waals surface area contributed by atoms with E-state index in [1.165, 1.54) is 10.9 Å². The molecule has 0 saturated heterocycles. The largest absolute Gasteiger partial charge is 0.497 e. The summed E-state index contributed by atoms with van der Waals surface area (Å²) in [5, 5.41) is 1.19. The van der Waals surface area contributed by atoms with Gasteiger partial charge < -0.3 is 19.4 Å². The van der Waals surface area contributed by atoms with E-state index in [4.69, 9.17) is 9.47 Å². The number of amides is 1. The number of hydrogen-bond acceptors (Lipinski definition) is 3. The maximum absolute atomic E-state index is 12.5. The average Bonchev–Trinajstić information content (AvgIpc) is 3.05. The van der Waals surface area contributed by atoms with Gasteiger partial charge in [0, 0.05) is 23.1 Å². The molecule has 0 bridgehead atoms. The summed E-state index contributed by atoms with van der Waals surface area (Å²) in [5.74, 6) is 1.78. The fourth-order valence-electron chi connectivity index (χ4n) is 3.49. The highest BCUT2D eigenvalue weighted by Crippen LogP contribution is 2.30. The Bertz CT molecular complexity index is 918. The van der Waals surface area contributed by atoms with Crippen LogP contribution in [0.3, 0.4) is 0 Å². The molecule has 2 aromatic carbocycles. The highest BCUT2D eigenvalue weighted by molar-refractivity contribution is 5.87. The van der Waals surface area contributed by atoms with Crippen LogP contribution in [-0.4, -0.2) is 36.1 Å². The van der Waals surface area contributed by atoms with Gasteiger partial charge in [-0.2, -0.15) is 0 Å². The molecular formula is C21H22N2O3. The number of aromatic amines is 1. The van der Waals surface area contributed by atoms with Crippen LogP contribution >= 0.6 is 0 Å². The molecule has 0 fully saturated rings. The van der Waals surface area contributed by atoms with Crippen LogP contribution in [0.15, 0.2) is 48.5 Å². The van der Waals surface area contributed by atoms with E-state index >= 15 is 0 Å². The van der Waals surface area contributed by atoms with Crippen LogP contribution in [0.5, 0.6) is 11.5 Å². The van der Waals surface area contributed by atoms with Crippen molar-refractivity contribution in [2.24, 2.45) is 0 Å². The zero-order valence-corrected chi connectivity index (χ0v) is 14.8. The van der Waals surface area contributed by atoms with Gasteiger partial charge in [0.05, 0.1) is 26.7 Å². The Hall–Kier alpha value is -2.95. The zero-order valence-electron chi connectivity index (χ0n) is 14.8. The van der Waals surface area contributed by atoms with E-state index in [0.717, 1.165) is 35.7 Å². The van der Waals surface area contributed by atoms with Crippen LogP contribution in [0.25, 0.3) is 10.9 Å². The van der Waals surface area contributed by atoms with E-state index in [0.29, 0.717) is 19.6 Å². The van der Waals surface area contributed by atoms with E-state index in [1.807, 2.05) is 47.4 Å². The van der Waals surface area contributed by atoms with Gasteiger partial charge in [-0.25, -0.2) is 0 Å². The first-order valence-electron chi connectivity index (χ1n) is 8.87. The number of carbonyl (C=O) groups excluding carboxylic acids is 1. The molecule has 0 aliphatic carbocycles. The number of carbonyl (C=O) groups is 1. The first-order valence-corrected chi connectivity index (χ1v) is 8.87. The number of methoxy groups -OCH3 is 1. The normalized spacial score (nSPS) is 13.5. The van der Waals surface area contributed by atoms with Crippen molar-refractivity contribution in [1.82, 2.24) is 9.88 Å². The lowest BCUT2D eigenvalue weighted by Gasteiger charge is -2.27. The van der Waals surface area contributed by atoms with Crippen molar-refractivity contribution >= 4 is 16.8 Å². The topological polar surface area (TPSA) is 54.6 Å². The van der Waals surface area contributed by atoms with Gasteiger partial charge in [0.25, 0.3) is 0 Å². The van der Waals surface area contributed by atoms with Crippen molar-refractivity contribution in [2.75, 3.05) is 20.3 Å². The predicted octanol–water partition coefficient (Wildman–Crippen LogP) is 3.53. The Kier molecular flexibility index (Phi) is 4.52. The molecule has 1 amide bonds. The number of nitrogens with one attached hydrogen (secondary N) is 1. The quantitative estimate of drug-likeness (QED) is 0.766. The van der Waals surface area contributed by atoms with Gasteiger partial charge in [-0.3, -0.25) is 4.79 Å². The minimum absolute atomic E-state index is 0.128. The molecule has 0 atom stereocenters. The van der Waals surface area contributed by atoms with Crippen LogP contribution < -0.4 is 9.47 Å². The van der Waals surface area contributed by atoms with Gasteiger partial charge >= 0.3 is 0 Å². The number of para-hydroxylation sites is 1. The summed E-state index contributed by atoms with van der Waals surface area (Å²) in [7, 11) is 1.68. The molecule has 26 heavy (non-hydrogen) atoms. The van der Waals surface area contributed by atoms with E-state index < -0.39 is 0 Å². The third-order valence-electron chi connectivity index (χ3n) is 4.86. The molecule has 0 unspecified atom stereocenters. The van der Waals surface area contributed by atoms with E-state index in [-0.39, 0.29) is 5.91 Å². The number of benzene rings is 2. The van der Waals surface area contributed by atoms with Crippen LogP contribution in [0.4, 0.5) is 0 Å². The standard InChI is InChI=1S/C21H22N2O3/c1-25-16-7-8-19-18(13-16)17-9-11-23(14-20(17)22-19)21(24)10-12-26-15-5-3-2-4-6-15/h2-8,13,22H,9-12,14H2,1H3. The zero-order chi connectivity index (χ0) is 17.9. The van der Waals surface area contributed by atoms with E-state index in [1.54, 1.807) is 7.11 Å². The number of hydrogen-bond donors (Lipinski definition) is 1. The second-order valence-electron chi connectivity index (χ2n) is 6.47. The fraction of sp³-hybridized carbons (Fsp3) is 0.286. The van der Waals surface area contributed by atoms with Gasteiger partial charge in [-0.1, -0.05) is 18.2 Å². The Morgan fingerprint density at radius 1 is 1.15 bits per heavy atom. The minimum atomic E-state index is 0.128. The van der Waals surface area contributed by atoms with Crippen LogP contribution in [-0.2, 0) is 17.8 Å². The molecular weight excluding hydrogens is 328 g/mol. The second kappa shape index (κ2) is 7.12. The SMILES string of the molecule is COc1ccc2[nH]c3c(c2c1)CCN(C(=O)CCOc1ccccc1)C3. The summed E-state index contributed by atoms with van der Waals surface area (Å²) in [6.07, 6.45) is 1.24. The second-order valence-corrected chi connectivity index (χ2v) is 6.47. The third kappa shape index (κ3) is 3.25. The van der Waals surface area contributed by atoms with E-state index in [9.17, 15) is 4.79 Å². The fourth-order valence-corrected chi connectivity index (χ4v) is 3.49. The average molecular weight is 350 g/mol. The smallest absolute Gasteiger partial charge is 0.226 e. The Morgan fingerprint density at radius 3 is 2.81 bits per heavy atom. The van der Waals surface area contributed by atoms with E-state index in [2.05, 4.69) is 11.1 Å². The minimum Gasteiger partial charge on any atom is -0.497 e. The summed E-state index contributed by atoms with van der Waals surface area (Å²) in [6.45, 7) is 1.76. The number of rotatable bonds is 5. The molecule has 1 aliphatic heterocycles. The third-order valence-corrected chi connectivity index (χ3v) is 4.86. The predicted molar refractivity (Wildman–Crippen MR) is 101 cm³/mol. The van der Waals surface area contributed by atoms with Crippen molar-refractivity contribution in [1.29, 1.82) is 0 Å². The summed E-state index contributed by atoms with van der Waals surface area (Å²) >= 11 is 0. The Labute approximate surface area is 152 Å². The van der Waals surface area contributed by atoms with Gasteiger partial charge in [0.1, 0.15) is 11.5 Å². The molecule has 1 aliphatic rings. The van der Waals surface area contributed by atoms with Crippen molar-refractivity contribution in [3.63, 3.8) is 0 Å². The molecule has 5 heteroatoms. The summed E-state index contributed by atoms with van der Waals surface area (Å²) in [6, 6.07) is 15.6. The van der Waals surface area contributed by atoms with Crippen LogP contribution in [0.1, 0.15) is 17.7 Å². The number of ether oxygens (including phenoxy) is 2. The van der Waals surface area contributed by atoms with Gasteiger partial charge in [-0.15, -0.1) is 0 Å². The number of aromatic nitrogens is 1. The van der Waals surface area contributed by atoms with Crippen molar-refractivity contribution in [3.8, 4) is 11.5 Å². The van der Waals surface area contributed by atoms with Crippen LogP contribution in [0.2, 0.25) is 0 Å². The maximum Gasteiger partial charge on any atom is 0.226 e. The molecule has 1 N–H and O–H groups in total. The first kappa shape index (κ1) is 16.5. The van der Waals surface area contributed by atoms with Crippen molar-refractivity contribution in [2.45, 2.75) is 19.4 Å². The molecule has 0 spiro atoms. The highest BCUT2D eigenvalue weighted by atomic mass is 16.5. The summed E-state index contributed by atoms with van der Waals surface area (Å²) < 4.78 is 11.0. The number of H-pyrrole nitrogens is 1. The maximum atomic E-state index is 12.5. The Balaban J connectivity index is 1.40. The van der Waals surface area contributed by atoms with Gasteiger partial charge in [0.15, 0.2) is 0 Å². The first-order chi connectivity index (χ1) is 12.7. The van der Waals surface area contributed by atoms with Crippen molar-refractivity contribution in [3.05, 3.63) is 59.8 Å². The number of nitrogens with zero attached hydrogens (tertiary/aromatic N) is 1. The molecule has 3 aromatic rings. The highest BCUT2D eigenvalue weighted by Gasteiger charge is 2.24. The summed E-state index contributed by atoms with van der Waals surface area (Å²) in [5.41, 5.74) is 3.51. The number of fused-ring (bicyclic) bond motifs is 3. The molecule has 0 saturated carbocycles. The van der Waals surface area contributed by atoms with Gasteiger partial charge in [-0.05, 0) is 42.3 Å². The lowest BCUT2D eigenvalue weighted by molar-refractivity contribution is -0.132. The summed E-state index contributed by atoms with van der Waals surface area (Å²) in [4.78, 5) is 17.9. The Morgan fingerprint density at radius 2 is 2.00 bits per heavy atom. The molecule has 0 radical (unpaired) electrons. The monoisotopic (exact) mass is 350 g/mol. The molecule has 134 valence electrons. The lowest BCUT2D eigenvalue weighted by atomic mass is 10.0. The molecule has 1 aromatic heterocycles. The van der Waals surface area contributed by atoms with Crippen molar-refractivity contribution < 1.29 is 14.3 Å². The van der Waals surface area contributed by atoms with Gasteiger partial charge in [0.2, 0.25) is 5.91 Å². The molecule has 4 rings (SSSR count). The molecule has 5 nitrogen and oxygen atoms in total.